The first-order valence-corrected chi connectivity index (χ1v) is 10.0. The van der Waals surface area contributed by atoms with Crippen molar-refractivity contribution in [2.24, 2.45) is 0 Å². The van der Waals surface area contributed by atoms with Crippen molar-refractivity contribution in [1.82, 2.24) is 4.67 Å². The van der Waals surface area contributed by atoms with E-state index >= 15 is 0 Å². The van der Waals surface area contributed by atoms with Gasteiger partial charge in [-0.3, -0.25) is 0 Å². The van der Waals surface area contributed by atoms with Gasteiger partial charge in [0.25, 0.3) is 0 Å². The molecule has 0 aromatic carbocycles. The maximum Gasteiger partial charge on any atom is 0.188 e. The summed E-state index contributed by atoms with van der Waals surface area (Å²) in [4.78, 5) is 0. The van der Waals surface area contributed by atoms with Gasteiger partial charge in [0.15, 0.2) is 5.62 Å². The van der Waals surface area contributed by atoms with E-state index in [1.54, 1.807) is 0 Å². The van der Waals surface area contributed by atoms with Crippen LogP contribution in [0.25, 0.3) is 0 Å². The van der Waals surface area contributed by atoms with Gasteiger partial charge in [0.1, 0.15) is 0 Å². The highest BCUT2D eigenvalue weighted by molar-refractivity contribution is 8.68. The third-order valence-electron chi connectivity index (χ3n) is 2.12. The first kappa shape index (κ1) is 15.9. The molecule has 0 unspecified atom stereocenters. The summed E-state index contributed by atoms with van der Waals surface area (Å²) >= 11 is 7.57. The molecule has 1 atom stereocenters. The number of rotatable bonds is 9. The molecule has 0 spiro atoms. The van der Waals surface area contributed by atoms with Crippen molar-refractivity contribution in [3.8, 4) is 0 Å². The fourth-order valence-electron chi connectivity index (χ4n) is 1.26. The van der Waals surface area contributed by atoms with Crippen LogP contribution in [0.5, 0.6) is 0 Å². The van der Waals surface area contributed by atoms with E-state index in [1.165, 1.54) is 12.8 Å². The average molecular weight is 269 g/mol. The summed E-state index contributed by atoms with van der Waals surface area (Å²) in [7, 11) is 0. The van der Waals surface area contributed by atoms with Crippen molar-refractivity contribution in [3.05, 3.63) is 0 Å². The van der Waals surface area contributed by atoms with E-state index in [0.29, 0.717) is 0 Å². The molecule has 15 heavy (non-hydrogen) atoms. The quantitative estimate of drug-likeness (QED) is 0.461. The number of nitrogens with zero attached hydrogens (tertiary/aromatic N) is 1. The molecule has 0 aliphatic carbocycles. The van der Waals surface area contributed by atoms with Crippen molar-refractivity contribution < 1.29 is 4.52 Å². The van der Waals surface area contributed by atoms with Crippen LogP contribution in [-0.2, 0) is 16.3 Å². The summed E-state index contributed by atoms with van der Waals surface area (Å²) in [5, 5.41) is 0. The number of hydrogen-bond donors (Lipinski definition) is 0. The summed E-state index contributed by atoms with van der Waals surface area (Å²) in [6.07, 6.45) is 2.46. The molecule has 0 saturated heterocycles. The Morgan fingerprint density at radius 1 is 1.20 bits per heavy atom. The third-order valence-corrected chi connectivity index (χ3v) is 9.25. The average Bonchev–Trinajstić information content (AvgIpc) is 2.20. The van der Waals surface area contributed by atoms with E-state index in [9.17, 15) is 0 Å². The van der Waals surface area contributed by atoms with E-state index < -0.39 is 5.62 Å². The minimum Gasteiger partial charge on any atom is -0.331 e. The minimum atomic E-state index is -1.78. The maximum absolute atomic E-state index is 5.83. The second kappa shape index (κ2) is 9.00. The van der Waals surface area contributed by atoms with Crippen molar-refractivity contribution in [2.75, 3.05) is 25.4 Å². The van der Waals surface area contributed by atoms with Crippen LogP contribution in [0.4, 0.5) is 0 Å². The summed E-state index contributed by atoms with van der Waals surface area (Å²) in [5.74, 6) is 1.13. The van der Waals surface area contributed by atoms with E-state index in [1.807, 2.05) is 18.3 Å². The molecule has 0 aliphatic heterocycles. The Morgan fingerprint density at radius 2 is 1.80 bits per heavy atom. The van der Waals surface area contributed by atoms with Crippen LogP contribution >= 0.6 is 17.0 Å². The Labute approximate surface area is 104 Å². The molecule has 0 aliphatic rings. The fraction of sp³-hybridized carbons (Fsp3) is 1.00. The van der Waals surface area contributed by atoms with Gasteiger partial charge in [-0.1, -0.05) is 38.6 Å². The van der Waals surface area contributed by atoms with Gasteiger partial charge in [-0.05, 0) is 25.2 Å². The lowest BCUT2D eigenvalue weighted by atomic mass is 10.4. The molecule has 0 radical (unpaired) electrons. The second-order valence-corrected chi connectivity index (χ2v) is 10.1. The highest BCUT2D eigenvalue weighted by Crippen LogP contribution is 2.62. The van der Waals surface area contributed by atoms with Gasteiger partial charge in [-0.25, -0.2) is 4.67 Å². The zero-order valence-corrected chi connectivity index (χ0v) is 12.9. The summed E-state index contributed by atoms with van der Waals surface area (Å²) in [6, 6.07) is 0. The van der Waals surface area contributed by atoms with Crippen LogP contribution in [0.15, 0.2) is 0 Å². The fourth-order valence-corrected chi connectivity index (χ4v) is 7.81. The van der Waals surface area contributed by atoms with E-state index in [-0.39, 0.29) is 0 Å². The molecule has 0 N–H and O–H groups in total. The van der Waals surface area contributed by atoms with Crippen molar-refractivity contribution in [1.29, 1.82) is 0 Å². The van der Waals surface area contributed by atoms with Gasteiger partial charge in [-0.2, -0.15) is 0 Å². The molecule has 0 fully saturated rings. The Balaban J connectivity index is 4.35. The predicted octanol–water partition coefficient (Wildman–Crippen LogP) is 4.12. The first-order chi connectivity index (χ1) is 7.14. The molecule has 92 valence electrons. The zero-order valence-electron chi connectivity index (χ0n) is 10.4. The Bertz CT molecular complexity index is 198. The van der Waals surface area contributed by atoms with Gasteiger partial charge in [0.05, 0.1) is 6.61 Å². The third kappa shape index (κ3) is 5.69. The van der Waals surface area contributed by atoms with E-state index in [2.05, 4.69) is 25.4 Å². The van der Waals surface area contributed by atoms with E-state index in [0.717, 1.165) is 25.4 Å². The molecule has 0 bridgehead atoms. The monoisotopic (exact) mass is 269 g/mol. The Hall–Kier alpha value is 0.920. The lowest BCUT2D eigenvalue weighted by molar-refractivity contribution is 0.339. The number of unbranched alkanes of at least 4 members (excludes halogenated alkanes) is 1. The molecule has 0 aromatic rings. The first-order valence-electron chi connectivity index (χ1n) is 5.79. The summed E-state index contributed by atoms with van der Waals surface area (Å²) in [6.45, 7) is 11.3. The maximum atomic E-state index is 5.83. The predicted molar refractivity (Wildman–Crippen MR) is 76.2 cm³/mol. The smallest absolute Gasteiger partial charge is 0.188 e. The molecular weight excluding hydrogens is 245 g/mol. The van der Waals surface area contributed by atoms with Gasteiger partial charge in [0, 0.05) is 18.8 Å². The summed E-state index contributed by atoms with van der Waals surface area (Å²) in [5.41, 5.74) is -1.78. The minimum absolute atomic E-state index is 0.729. The standard InChI is InChI=1S/C10H24NOPS2/c1-5-9-10-15-13(14,12-8-4)11(6-2)7-3/h5-10H2,1-4H3/t13-/m1/s1. The molecule has 0 saturated carbocycles. The molecule has 0 rings (SSSR count). The Kier molecular flexibility index (Phi) is 9.55. The molecule has 0 aromatic heterocycles. The molecule has 5 heteroatoms. The van der Waals surface area contributed by atoms with Gasteiger partial charge >= 0.3 is 0 Å². The van der Waals surface area contributed by atoms with Gasteiger partial charge < -0.3 is 4.52 Å². The van der Waals surface area contributed by atoms with Crippen LogP contribution in [0.1, 0.15) is 40.5 Å². The normalized spacial score (nSPS) is 15.5. The molecule has 2 nitrogen and oxygen atoms in total. The van der Waals surface area contributed by atoms with Crippen molar-refractivity contribution in [2.45, 2.75) is 40.5 Å². The van der Waals surface area contributed by atoms with E-state index in [4.69, 9.17) is 16.3 Å². The highest BCUT2D eigenvalue weighted by Gasteiger charge is 2.24. The summed E-state index contributed by atoms with van der Waals surface area (Å²) < 4.78 is 8.15. The lowest BCUT2D eigenvalue weighted by Crippen LogP contribution is -2.19. The SMILES string of the molecule is CCCCS[P@@](=S)(OCC)N(CC)CC. The molecule has 0 heterocycles. The van der Waals surface area contributed by atoms with Crippen LogP contribution in [0, 0.1) is 0 Å². The Morgan fingerprint density at radius 3 is 2.20 bits per heavy atom. The van der Waals surface area contributed by atoms with Crippen molar-refractivity contribution >= 4 is 28.8 Å². The van der Waals surface area contributed by atoms with Gasteiger partial charge in [-0.15, -0.1) is 0 Å². The number of hydrogen-bond acceptors (Lipinski definition) is 3. The zero-order chi connectivity index (χ0) is 11.7. The topological polar surface area (TPSA) is 12.5 Å². The molecular formula is C10H24NOPS2. The largest absolute Gasteiger partial charge is 0.331 e. The van der Waals surface area contributed by atoms with Crippen LogP contribution in [-0.4, -0.2) is 30.1 Å². The lowest BCUT2D eigenvalue weighted by Gasteiger charge is -2.31. The second-order valence-electron chi connectivity index (χ2n) is 3.21. The van der Waals surface area contributed by atoms with Crippen molar-refractivity contribution in [3.63, 3.8) is 0 Å². The van der Waals surface area contributed by atoms with Crippen LogP contribution in [0.3, 0.4) is 0 Å². The molecule has 0 amide bonds. The van der Waals surface area contributed by atoms with Gasteiger partial charge in [0.2, 0.25) is 0 Å². The highest BCUT2D eigenvalue weighted by atomic mass is 32.9. The van der Waals surface area contributed by atoms with Crippen LogP contribution < -0.4 is 0 Å². The van der Waals surface area contributed by atoms with Crippen LogP contribution in [0.2, 0.25) is 0 Å².